The normalized spacial score (nSPS) is 16.8. The van der Waals surface area contributed by atoms with Gasteiger partial charge in [-0.2, -0.15) is 0 Å². The molecule has 320 valence electrons. The summed E-state index contributed by atoms with van der Waals surface area (Å²) in [4.78, 5) is 50.9. The van der Waals surface area contributed by atoms with Crippen LogP contribution in [0.2, 0.25) is 0 Å². The van der Waals surface area contributed by atoms with Crippen LogP contribution in [-0.4, -0.2) is 92.8 Å². The number of amides is 1. The first-order valence-electron chi connectivity index (χ1n) is 21.5. The molecule has 0 saturated carbocycles. The molecule has 0 spiro atoms. The monoisotopic (exact) mass is 835 g/mol. The highest BCUT2D eigenvalue weighted by atomic mass is 16.5. The number of phenolic OH excluding ortho intramolecular Hbond substituents is 1. The van der Waals surface area contributed by atoms with E-state index in [4.69, 9.17) is 4.74 Å². The maximum Gasteiger partial charge on any atom is 0.347 e. The number of aromatic hydroxyl groups is 1. The van der Waals surface area contributed by atoms with Gasteiger partial charge in [-0.25, -0.2) is 4.79 Å². The first kappa shape index (κ1) is 42.5. The number of esters is 1. The third-order valence-corrected chi connectivity index (χ3v) is 12.4. The van der Waals surface area contributed by atoms with Crippen molar-refractivity contribution in [2.24, 2.45) is 11.8 Å². The zero-order valence-corrected chi connectivity index (χ0v) is 34.7. The summed E-state index contributed by atoms with van der Waals surface area (Å²) in [6.07, 6.45) is 5.76. The number of nitrogens with one attached hydrogen (secondary N) is 2. The summed E-state index contributed by atoms with van der Waals surface area (Å²) in [5.41, 5.74) is 2.36. The van der Waals surface area contributed by atoms with Gasteiger partial charge in [0.05, 0.1) is 23.8 Å². The molecule has 2 saturated heterocycles. The fourth-order valence-corrected chi connectivity index (χ4v) is 8.78. The molecule has 6 aromatic rings. The number of nitrogens with zero attached hydrogens (tertiary/aromatic N) is 3. The number of benzene rings is 4. The summed E-state index contributed by atoms with van der Waals surface area (Å²) in [6.45, 7) is 5.03. The summed E-state index contributed by atoms with van der Waals surface area (Å²) < 4.78 is 5.95. The summed E-state index contributed by atoms with van der Waals surface area (Å²) in [5, 5.41) is 37.5. The first-order valence-corrected chi connectivity index (χ1v) is 21.5. The number of hydrogen-bond acceptors (Lipinski definition) is 10. The average molecular weight is 836 g/mol. The fourth-order valence-electron chi connectivity index (χ4n) is 8.78. The average Bonchev–Trinajstić information content (AvgIpc) is 3.32. The number of likely N-dealkylation sites (tertiary alicyclic amines) is 2. The fraction of sp³-hybridized carbons (Fsp3) is 0.320. The van der Waals surface area contributed by atoms with Gasteiger partial charge in [0.1, 0.15) is 5.75 Å². The zero-order valence-electron chi connectivity index (χ0n) is 34.7. The molecule has 1 amide bonds. The summed E-state index contributed by atoms with van der Waals surface area (Å²) in [6, 6.07) is 34.3. The minimum absolute atomic E-state index is 0.0533. The minimum atomic E-state index is -2.06. The predicted octanol–water partition coefficient (Wildman–Crippen LogP) is 6.16. The molecule has 2 atom stereocenters. The second-order valence-electron chi connectivity index (χ2n) is 16.6. The van der Waals surface area contributed by atoms with E-state index in [0.29, 0.717) is 69.8 Å². The van der Waals surface area contributed by atoms with Gasteiger partial charge in [-0.05, 0) is 104 Å². The predicted molar refractivity (Wildman–Crippen MR) is 237 cm³/mol. The van der Waals surface area contributed by atoms with E-state index in [1.165, 1.54) is 17.7 Å². The molecule has 0 aliphatic carbocycles. The van der Waals surface area contributed by atoms with Crippen LogP contribution in [0.15, 0.2) is 132 Å². The highest BCUT2D eigenvalue weighted by Gasteiger charge is 2.42. The van der Waals surface area contributed by atoms with Crippen LogP contribution in [0, 0.1) is 11.8 Å². The Morgan fingerprint density at radius 3 is 2.27 bits per heavy atom. The molecule has 0 radical (unpaired) electrons. The SMILES string of the molecule is O=C(c1cncc(-c2cccc(C(O)(C(=O)OCC3CCN(Cc4ccccc4)CC3)c3ccccc3)c2)c1)N1CCC(CNCC(O)c2ccc(O)c3[nH]c(=O)ccc23)CC1. The lowest BCUT2D eigenvalue weighted by Gasteiger charge is -2.33. The molecule has 8 rings (SSSR count). The van der Waals surface area contributed by atoms with Crippen molar-refractivity contribution in [3.63, 3.8) is 0 Å². The van der Waals surface area contributed by atoms with E-state index < -0.39 is 17.7 Å². The number of phenols is 1. The minimum Gasteiger partial charge on any atom is -0.506 e. The van der Waals surface area contributed by atoms with Crippen LogP contribution in [0.1, 0.15) is 64.4 Å². The van der Waals surface area contributed by atoms with Gasteiger partial charge >= 0.3 is 5.97 Å². The van der Waals surface area contributed by atoms with Crippen molar-refractivity contribution in [2.75, 3.05) is 45.9 Å². The molecule has 12 heteroatoms. The van der Waals surface area contributed by atoms with Crippen molar-refractivity contribution >= 4 is 22.8 Å². The molecule has 2 fully saturated rings. The van der Waals surface area contributed by atoms with Crippen molar-refractivity contribution in [2.45, 2.75) is 43.9 Å². The molecule has 5 N–H and O–H groups in total. The lowest BCUT2D eigenvalue weighted by Crippen LogP contribution is -2.41. The molecule has 2 aromatic heterocycles. The molecule has 4 aromatic carbocycles. The Kier molecular flexibility index (Phi) is 13.2. The Bertz CT molecular complexity index is 2540. The smallest absolute Gasteiger partial charge is 0.347 e. The van der Waals surface area contributed by atoms with E-state index in [9.17, 15) is 29.7 Å². The van der Waals surface area contributed by atoms with Gasteiger partial charge in [0.25, 0.3) is 5.91 Å². The number of piperidine rings is 2. The van der Waals surface area contributed by atoms with E-state index in [0.717, 1.165) is 45.3 Å². The number of hydrogen-bond donors (Lipinski definition) is 5. The van der Waals surface area contributed by atoms with E-state index in [1.54, 1.807) is 73.1 Å². The largest absolute Gasteiger partial charge is 0.506 e. The standard InChI is InChI=1S/C50H53N5O7/c56-44-16-14-42(43-15-17-46(58)53-47(43)44)45(57)31-51-28-34-20-24-55(25-21-34)48(59)39-26-38(29-52-30-39)37-10-7-13-41(27-37)50(61,40-11-5-2-6-12-40)49(60)62-33-36-18-22-54(23-19-36)32-35-8-3-1-4-9-35/h1-17,26-27,29-30,34,36,45,51,56-57,61H,18-25,28,31-33H2,(H,53,58). The summed E-state index contributed by atoms with van der Waals surface area (Å²) in [5.74, 6) is -0.402. The third-order valence-electron chi connectivity index (χ3n) is 12.4. The third kappa shape index (κ3) is 9.64. The number of carbonyl (C=O) groups excluding carboxylic acids is 2. The molecule has 0 bridgehead atoms. The van der Waals surface area contributed by atoms with Gasteiger partial charge in [0.2, 0.25) is 11.2 Å². The Morgan fingerprint density at radius 2 is 1.52 bits per heavy atom. The second kappa shape index (κ2) is 19.3. The molecule has 2 aliphatic rings. The van der Waals surface area contributed by atoms with Gasteiger partial charge in [0, 0.05) is 61.2 Å². The highest BCUT2D eigenvalue weighted by Crippen LogP contribution is 2.35. The number of ether oxygens (including phenoxy) is 1. The van der Waals surface area contributed by atoms with Crippen LogP contribution >= 0.6 is 0 Å². The van der Waals surface area contributed by atoms with E-state index >= 15 is 0 Å². The van der Waals surface area contributed by atoms with Crippen LogP contribution in [0.4, 0.5) is 0 Å². The van der Waals surface area contributed by atoms with Crippen LogP contribution < -0.4 is 10.9 Å². The van der Waals surface area contributed by atoms with Crippen molar-refractivity contribution in [1.29, 1.82) is 0 Å². The number of aromatic amines is 1. The number of rotatable bonds is 14. The Labute approximate surface area is 360 Å². The van der Waals surface area contributed by atoms with E-state index in [-0.39, 0.29) is 36.3 Å². The molecule has 2 aliphatic heterocycles. The van der Waals surface area contributed by atoms with E-state index in [2.05, 4.69) is 44.5 Å². The molecular formula is C50H53N5O7. The molecule has 62 heavy (non-hydrogen) atoms. The number of aliphatic hydroxyl groups is 2. The van der Waals surface area contributed by atoms with Gasteiger partial charge in [-0.1, -0.05) is 84.9 Å². The van der Waals surface area contributed by atoms with E-state index in [1.807, 2.05) is 23.1 Å². The number of carbonyl (C=O) groups is 2. The molecular weight excluding hydrogens is 783 g/mol. The maximum absolute atomic E-state index is 14.0. The van der Waals surface area contributed by atoms with Crippen LogP contribution in [-0.2, 0) is 21.7 Å². The number of H-pyrrole nitrogens is 1. The number of aliphatic hydroxyl groups excluding tert-OH is 1. The second-order valence-corrected chi connectivity index (χ2v) is 16.6. The maximum atomic E-state index is 14.0. The van der Waals surface area contributed by atoms with Crippen molar-refractivity contribution in [3.05, 3.63) is 166 Å². The topological polar surface area (TPSA) is 168 Å². The molecule has 12 nitrogen and oxygen atoms in total. The van der Waals surface area contributed by atoms with Gasteiger partial charge < -0.3 is 35.3 Å². The summed E-state index contributed by atoms with van der Waals surface area (Å²) >= 11 is 0. The highest BCUT2D eigenvalue weighted by molar-refractivity contribution is 5.95. The Balaban J connectivity index is 0.875. The lowest BCUT2D eigenvalue weighted by molar-refractivity contribution is -0.164. The number of aromatic nitrogens is 2. The van der Waals surface area contributed by atoms with Crippen molar-refractivity contribution in [3.8, 4) is 16.9 Å². The van der Waals surface area contributed by atoms with Crippen molar-refractivity contribution in [1.82, 2.24) is 25.1 Å². The Hall–Kier alpha value is -6.18. The number of pyridine rings is 2. The zero-order chi connectivity index (χ0) is 43.1. The number of fused-ring (bicyclic) bond motifs is 1. The van der Waals surface area contributed by atoms with Crippen molar-refractivity contribution < 1.29 is 29.6 Å². The Morgan fingerprint density at radius 1 is 0.806 bits per heavy atom. The van der Waals surface area contributed by atoms with Crippen LogP contribution in [0.25, 0.3) is 22.0 Å². The van der Waals surface area contributed by atoms with Gasteiger partial charge in [-0.15, -0.1) is 0 Å². The van der Waals surface area contributed by atoms with Crippen LogP contribution in [0.5, 0.6) is 5.75 Å². The van der Waals surface area contributed by atoms with Crippen LogP contribution in [0.3, 0.4) is 0 Å². The van der Waals surface area contributed by atoms with Gasteiger partial charge in [0.15, 0.2) is 0 Å². The molecule has 4 heterocycles. The van der Waals surface area contributed by atoms with Gasteiger partial charge in [-0.3, -0.25) is 19.5 Å². The quantitative estimate of drug-likeness (QED) is 0.0802. The summed E-state index contributed by atoms with van der Waals surface area (Å²) in [7, 11) is 0. The first-order chi connectivity index (χ1) is 30.2. The molecule has 2 unspecified atom stereocenters. The lowest BCUT2D eigenvalue weighted by atomic mass is 9.85.